The van der Waals surface area contributed by atoms with Gasteiger partial charge in [-0.05, 0) is 31.5 Å². The highest BCUT2D eigenvalue weighted by atomic mass is 35.5. The van der Waals surface area contributed by atoms with E-state index in [4.69, 9.17) is 11.6 Å². The fraction of sp³-hybridized carbons (Fsp3) is 0.125. The Hall–Kier alpha value is -2.13. The van der Waals surface area contributed by atoms with Gasteiger partial charge in [-0.1, -0.05) is 48.0 Å². The molecule has 102 valence electrons. The molecule has 0 heterocycles. The summed E-state index contributed by atoms with van der Waals surface area (Å²) >= 11 is 6.08. The molecule has 0 aliphatic heterocycles. The third-order valence-corrected chi connectivity index (χ3v) is 3.31. The van der Waals surface area contributed by atoms with Crippen molar-refractivity contribution in [2.45, 2.75) is 13.8 Å². The molecule has 0 bridgehead atoms. The number of nitrogens with zero attached hydrogens (tertiary/aromatic N) is 1. The second kappa shape index (κ2) is 6.35. The molecular weight excluding hydrogens is 272 g/mol. The molecule has 2 aromatic rings. The highest BCUT2D eigenvalue weighted by molar-refractivity contribution is 6.34. The molecule has 0 atom stereocenters. The lowest BCUT2D eigenvalue weighted by Gasteiger charge is -2.06. The minimum atomic E-state index is -0.227. The van der Waals surface area contributed by atoms with Crippen molar-refractivity contribution in [3.63, 3.8) is 0 Å². The highest BCUT2D eigenvalue weighted by Crippen LogP contribution is 2.15. The van der Waals surface area contributed by atoms with Gasteiger partial charge in [0.1, 0.15) is 0 Å². The average Bonchev–Trinajstić information content (AvgIpc) is 2.45. The van der Waals surface area contributed by atoms with Crippen molar-refractivity contribution < 1.29 is 4.79 Å². The van der Waals surface area contributed by atoms with Gasteiger partial charge in [-0.25, -0.2) is 5.43 Å². The van der Waals surface area contributed by atoms with Gasteiger partial charge >= 0.3 is 0 Å². The number of nitrogens with one attached hydrogen (secondary N) is 1. The highest BCUT2D eigenvalue weighted by Gasteiger charge is 2.08. The quantitative estimate of drug-likeness (QED) is 0.677. The number of carbonyl (C=O) groups excluding carboxylic acids is 1. The maximum Gasteiger partial charge on any atom is 0.271 e. The van der Waals surface area contributed by atoms with Crippen LogP contribution in [-0.2, 0) is 0 Å². The Balaban J connectivity index is 2.16. The summed E-state index contributed by atoms with van der Waals surface area (Å²) in [5.74, 6) is -0.227. The standard InChI is InChI=1S/C16H15ClN2O/c1-11-7-3-4-8-13(11)16(20)19-18-12(2)14-9-5-6-10-15(14)17/h3-10H,1-2H3,(H,19,20)/b18-12-. The van der Waals surface area contributed by atoms with Crippen molar-refractivity contribution in [3.05, 3.63) is 70.2 Å². The number of hydrogen-bond donors (Lipinski definition) is 1. The molecule has 2 aromatic carbocycles. The maximum atomic E-state index is 12.0. The van der Waals surface area contributed by atoms with Crippen molar-refractivity contribution in [2.75, 3.05) is 0 Å². The number of benzene rings is 2. The molecule has 0 saturated heterocycles. The van der Waals surface area contributed by atoms with Crippen LogP contribution in [0.5, 0.6) is 0 Å². The summed E-state index contributed by atoms with van der Waals surface area (Å²) in [5, 5.41) is 4.72. The van der Waals surface area contributed by atoms with Crippen LogP contribution in [0, 0.1) is 6.92 Å². The van der Waals surface area contributed by atoms with E-state index in [-0.39, 0.29) is 5.91 Å². The van der Waals surface area contributed by atoms with Gasteiger partial charge in [0, 0.05) is 16.1 Å². The van der Waals surface area contributed by atoms with E-state index in [1.54, 1.807) is 19.1 Å². The number of amides is 1. The first-order chi connectivity index (χ1) is 9.59. The molecule has 2 rings (SSSR count). The van der Waals surface area contributed by atoms with Gasteiger partial charge in [-0.2, -0.15) is 5.10 Å². The minimum Gasteiger partial charge on any atom is -0.267 e. The number of halogens is 1. The van der Waals surface area contributed by atoms with Crippen molar-refractivity contribution in [2.24, 2.45) is 5.10 Å². The van der Waals surface area contributed by atoms with Crippen LogP contribution in [0.3, 0.4) is 0 Å². The summed E-state index contributed by atoms with van der Waals surface area (Å²) in [6.07, 6.45) is 0. The van der Waals surface area contributed by atoms with Crippen LogP contribution < -0.4 is 5.43 Å². The zero-order chi connectivity index (χ0) is 14.5. The fourth-order valence-electron chi connectivity index (χ4n) is 1.84. The molecule has 0 spiro atoms. The monoisotopic (exact) mass is 286 g/mol. The average molecular weight is 287 g/mol. The van der Waals surface area contributed by atoms with Gasteiger partial charge < -0.3 is 0 Å². The van der Waals surface area contributed by atoms with Gasteiger partial charge in [0.2, 0.25) is 0 Å². The maximum absolute atomic E-state index is 12.0. The van der Waals surface area contributed by atoms with Crippen LogP contribution in [0.15, 0.2) is 53.6 Å². The predicted octanol–water partition coefficient (Wildman–Crippen LogP) is 3.80. The summed E-state index contributed by atoms with van der Waals surface area (Å²) in [6, 6.07) is 14.8. The smallest absolute Gasteiger partial charge is 0.267 e. The zero-order valence-electron chi connectivity index (χ0n) is 11.4. The van der Waals surface area contributed by atoms with Crippen molar-refractivity contribution in [1.29, 1.82) is 0 Å². The van der Waals surface area contributed by atoms with E-state index in [0.29, 0.717) is 16.3 Å². The summed E-state index contributed by atoms with van der Waals surface area (Å²) in [6.45, 7) is 3.69. The molecule has 0 radical (unpaired) electrons. The summed E-state index contributed by atoms with van der Waals surface area (Å²) < 4.78 is 0. The number of aryl methyl sites for hydroxylation is 1. The van der Waals surface area contributed by atoms with Crippen molar-refractivity contribution in [3.8, 4) is 0 Å². The normalized spacial score (nSPS) is 11.2. The first-order valence-electron chi connectivity index (χ1n) is 6.25. The number of rotatable bonds is 3. The topological polar surface area (TPSA) is 41.5 Å². The van der Waals surface area contributed by atoms with E-state index in [2.05, 4.69) is 10.5 Å². The predicted molar refractivity (Wildman–Crippen MR) is 82.3 cm³/mol. The molecule has 1 amide bonds. The van der Waals surface area contributed by atoms with E-state index in [9.17, 15) is 4.79 Å². The van der Waals surface area contributed by atoms with Gasteiger partial charge in [0.15, 0.2) is 0 Å². The van der Waals surface area contributed by atoms with Crippen LogP contribution in [0.4, 0.5) is 0 Å². The first kappa shape index (κ1) is 14.3. The molecule has 0 fully saturated rings. The Morgan fingerprint density at radius 3 is 2.30 bits per heavy atom. The van der Waals surface area contributed by atoms with E-state index in [1.807, 2.05) is 43.3 Å². The molecule has 0 aliphatic carbocycles. The Kier molecular flexibility index (Phi) is 4.53. The first-order valence-corrected chi connectivity index (χ1v) is 6.62. The molecule has 20 heavy (non-hydrogen) atoms. The molecule has 0 aliphatic rings. The SMILES string of the molecule is C/C(=N/NC(=O)c1ccccc1C)c1ccccc1Cl. The third kappa shape index (κ3) is 3.25. The molecule has 1 N–H and O–H groups in total. The second-order valence-electron chi connectivity index (χ2n) is 4.43. The lowest BCUT2D eigenvalue weighted by molar-refractivity contribution is 0.0954. The second-order valence-corrected chi connectivity index (χ2v) is 4.84. The van der Waals surface area contributed by atoms with Crippen LogP contribution in [0.2, 0.25) is 5.02 Å². The third-order valence-electron chi connectivity index (χ3n) is 2.98. The Morgan fingerprint density at radius 1 is 1.05 bits per heavy atom. The zero-order valence-corrected chi connectivity index (χ0v) is 12.1. The lowest BCUT2D eigenvalue weighted by atomic mass is 10.1. The molecule has 0 unspecified atom stereocenters. The summed E-state index contributed by atoms with van der Waals surface area (Å²) in [4.78, 5) is 12.0. The summed E-state index contributed by atoms with van der Waals surface area (Å²) in [5.41, 5.74) is 5.55. The van der Waals surface area contributed by atoms with Gasteiger partial charge in [0.05, 0.1) is 5.71 Å². The Labute approximate surface area is 123 Å². The minimum absolute atomic E-state index is 0.227. The van der Waals surface area contributed by atoms with Gasteiger partial charge in [0.25, 0.3) is 5.91 Å². The van der Waals surface area contributed by atoms with Crippen molar-refractivity contribution in [1.82, 2.24) is 5.43 Å². The Bertz CT molecular complexity index is 665. The molecule has 0 aromatic heterocycles. The molecule has 4 heteroatoms. The number of hydrazone groups is 1. The Morgan fingerprint density at radius 2 is 1.65 bits per heavy atom. The largest absolute Gasteiger partial charge is 0.271 e. The summed E-state index contributed by atoms with van der Waals surface area (Å²) in [7, 11) is 0. The van der Waals surface area contributed by atoms with E-state index in [1.165, 1.54) is 0 Å². The molecule has 3 nitrogen and oxygen atoms in total. The van der Waals surface area contributed by atoms with Gasteiger partial charge in [-0.3, -0.25) is 4.79 Å². The van der Waals surface area contributed by atoms with Crippen LogP contribution in [0.1, 0.15) is 28.4 Å². The van der Waals surface area contributed by atoms with E-state index >= 15 is 0 Å². The van der Waals surface area contributed by atoms with Gasteiger partial charge in [-0.15, -0.1) is 0 Å². The van der Waals surface area contributed by atoms with Crippen molar-refractivity contribution >= 4 is 23.2 Å². The fourth-order valence-corrected chi connectivity index (χ4v) is 2.11. The lowest BCUT2D eigenvalue weighted by Crippen LogP contribution is -2.20. The number of carbonyl (C=O) groups is 1. The number of hydrogen-bond acceptors (Lipinski definition) is 2. The molecule has 0 saturated carbocycles. The van der Waals surface area contributed by atoms with E-state index in [0.717, 1.165) is 11.1 Å². The van der Waals surface area contributed by atoms with E-state index < -0.39 is 0 Å². The van der Waals surface area contributed by atoms with Crippen LogP contribution >= 0.6 is 11.6 Å². The van der Waals surface area contributed by atoms with Crippen LogP contribution in [-0.4, -0.2) is 11.6 Å². The van der Waals surface area contributed by atoms with Crippen LogP contribution in [0.25, 0.3) is 0 Å². The molecular formula is C16H15ClN2O.